The van der Waals surface area contributed by atoms with Crippen LogP contribution in [0, 0.1) is 0 Å². The summed E-state index contributed by atoms with van der Waals surface area (Å²) in [4.78, 5) is 24.0. The van der Waals surface area contributed by atoms with Crippen LogP contribution in [0.4, 0.5) is 5.69 Å². The fraction of sp³-hybridized carbons (Fsp3) is 0.125. The van der Waals surface area contributed by atoms with Crippen molar-refractivity contribution < 1.29 is 14.3 Å². The lowest BCUT2D eigenvalue weighted by Gasteiger charge is -2.09. The summed E-state index contributed by atoms with van der Waals surface area (Å²) in [6.45, 7) is 0.408. The number of carbonyl (C=O) groups is 2. The number of nitrogens with one attached hydrogen (secondary N) is 2. The number of rotatable bonds is 9. The molecule has 0 aliphatic carbocycles. The molecule has 6 nitrogen and oxygen atoms in total. The number of halogens is 2. The first-order valence-electron chi connectivity index (χ1n) is 9.84. The second-order valence-corrected chi connectivity index (χ2v) is 8.10. The van der Waals surface area contributed by atoms with Crippen molar-refractivity contribution in [2.45, 2.75) is 19.4 Å². The highest BCUT2D eigenvalue weighted by molar-refractivity contribution is 9.10. The van der Waals surface area contributed by atoms with E-state index >= 15 is 0 Å². The van der Waals surface area contributed by atoms with Crippen LogP contribution in [0.25, 0.3) is 0 Å². The molecule has 0 aromatic heterocycles. The van der Waals surface area contributed by atoms with Gasteiger partial charge in [0.15, 0.2) is 0 Å². The fourth-order valence-corrected chi connectivity index (χ4v) is 3.14. The van der Waals surface area contributed by atoms with Crippen LogP contribution in [0.5, 0.6) is 5.75 Å². The Morgan fingerprint density at radius 1 is 0.938 bits per heavy atom. The molecular weight excluding hydrogens is 494 g/mol. The predicted molar refractivity (Wildman–Crippen MR) is 130 cm³/mol. The maximum Gasteiger partial charge on any atom is 0.240 e. The Bertz CT molecular complexity index is 1100. The zero-order valence-corrected chi connectivity index (χ0v) is 19.4. The number of hydrogen-bond acceptors (Lipinski definition) is 4. The second-order valence-electron chi connectivity index (χ2n) is 6.77. The van der Waals surface area contributed by atoms with Crippen LogP contribution >= 0.6 is 27.5 Å². The summed E-state index contributed by atoms with van der Waals surface area (Å²) < 4.78 is 6.89. The number of nitrogens with zero attached hydrogens (tertiary/aromatic N) is 1. The molecule has 32 heavy (non-hydrogen) atoms. The standard InChI is InChI=1S/C24H21BrClN3O3/c25-19-11-9-17(10-12-19)16-32-22-8-4-1-5-18(22)15-27-29-24(31)14-13-23(30)28-21-7-3-2-6-20(21)26/h1-12,15H,13-14,16H2,(H,28,30)(H,29,31). The first kappa shape index (κ1) is 23.5. The summed E-state index contributed by atoms with van der Waals surface area (Å²) in [5.41, 5.74) is 4.70. The summed E-state index contributed by atoms with van der Waals surface area (Å²) in [5.74, 6) is -0.0275. The molecule has 8 heteroatoms. The lowest BCUT2D eigenvalue weighted by molar-refractivity contribution is -0.124. The van der Waals surface area contributed by atoms with E-state index in [0.717, 1.165) is 15.6 Å². The Hall–Kier alpha value is -3.16. The summed E-state index contributed by atoms with van der Waals surface area (Å²) >= 11 is 9.42. The van der Waals surface area contributed by atoms with Gasteiger partial charge in [-0.1, -0.05) is 63.9 Å². The number of amides is 2. The smallest absolute Gasteiger partial charge is 0.240 e. The molecule has 2 N–H and O–H groups in total. The Kier molecular flexibility index (Phi) is 8.83. The molecule has 164 valence electrons. The molecule has 0 saturated heterocycles. The molecule has 0 saturated carbocycles. The third-order valence-corrected chi connectivity index (χ3v) is 5.20. The molecule has 0 spiro atoms. The normalized spacial score (nSPS) is 10.7. The van der Waals surface area contributed by atoms with Gasteiger partial charge in [0.05, 0.1) is 16.9 Å². The number of benzene rings is 3. The maximum absolute atomic E-state index is 12.0. The fourth-order valence-electron chi connectivity index (χ4n) is 2.69. The SMILES string of the molecule is O=C(CCC(=O)Nc1ccccc1Cl)NN=Cc1ccccc1OCc1ccc(Br)cc1. The van der Waals surface area contributed by atoms with Crippen molar-refractivity contribution in [1.82, 2.24) is 5.43 Å². The monoisotopic (exact) mass is 513 g/mol. The lowest BCUT2D eigenvalue weighted by Crippen LogP contribution is -2.20. The maximum atomic E-state index is 12.0. The number of ether oxygens (including phenoxy) is 1. The van der Waals surface area contributed by atoms with Crippen molar-refractivity contribution in [2.24, 2.45) is 5.10 Å². The minimum atomic E-state index is -0.371. The molecule has 0 unspecified atom stereocenters. The van der Waals surface area contributed by atoms with Crippen molar-refractivity contribution in [2.75, 3.05) is 5.32 Å². The van der Waals surface area contributed by atoms with E-state index in [0.29, 0.717) is 23.1 Å². The van der Waals surface area contributed by atoms with E-state index in [1.807, 2.05) is 48.5 Å². The molecule has 3 aromatic rings. The Labute approximate surface area is 199 Å². The van der Waals surface area contributed by atoms with Gasteiger partial charge in [0.2, 0.25) is 11.8 Å². The predicted octanol–water partition coefficient (Wildman–Crippen LogP) is 5.55. The van der Waals surface area contributed by atoms with Gasteiger partial charge in [-0.3, -0.25) is 9.59 Å². The van der Waals surface area contributed by atoms with Crippen molar-refractivity contribution >= 4 is 51.2 Å². The van der Waals surface area contributed by atoms with E-state index in [9.17, 15) is 9.59 Å². The van der Waals surface area contributed by atoms with Crippen molar-refractivity contribution in [3.8, 4) is 5.75 Å². The zero-order valence-electron chi connectivity index (χ0n) is 17.1. The summed E-state index contributed by atoms with van der Waals surface area (Å²) in [6, 6.07) is 22.2. The van der Waals surface area contributed by atoms with Gasteiger partial charge in [0, 0.05) is 22.9 Å². The number of para-hydroxylation sites is 2. The Balaban J connectivity index is 1.47. The second kappa shape index (κ2) is 12.0. The number of carbonyl (C=O) groups excluding carboxylic acids is 2. The van der Waals surface area contributed by atoms with Gasteiger partial charge < -0.3 is 10.1 Å². The van der Waals surface area contributed by atoms with E-state index in [1.165, 1.54) is 6.21 Å². The molecule has 2 amide bonds. The van der Waals surface area contributed by atoms with Gasteiger partial charge in [-0.05, 0) is 42.0 Å². The Morgan fingerprint density at radius 2 is 1.62 bits per heavy atom. The first-order valence-corrected chi connectivity index (χ1v) is 11.0. The molecule has 0 aliphatic rings. The third-order valence-electron chi connectivity index (χ3n) is 4.35. The minimum Gasteiger partial charge on any atom is -0.488 e. The largest absolute Gasteiger partial charge is 0.488 e. The van der Waals surface area contributed by atoms with Gasteiger partial charge in [-0.25, -0.2) is 5.43 Å². The minimum absolute atomic E-state index is 0.00462. The third kappa shape index (κ3) is 7.51. The highest BCUT2D eigenvalue weighted by atomic mass is 79.9. The van der Waals surface area contributed by atoms with Crippen molar-refractivity contribution in [3.63, 3.8) is 0 Å². The lowest BCUT2D eigenvalue weighted by atomic mass is 10.2. The zero-order chi connectivity index (χ0) is 22.8. The van der Waals surface area contributed by atoms with Crippen LogP contribution in [0.15, 0.2) is 82.4 Å². The molecule has 0 atom stereocenters. The average molecular weight is 515 g/mol. The van der Waals surface area contributed by atoms with E-state index in [4.69, 9.17) is 16.3 Å². The van der Waals surface area contributed by atoms with Gasteiger partial charge in [0.25, 0.3) is 0 Å². The molecule has 0 bridgehead atoms. The van der Waals surface area contributed by atoms with Crippen LogP contribution < -0.4 is 15.5 Å². The first-order chi connectivity index (χ1) is 15.5. The number of anilines is 1. The van der Waals surface area contributed by atoms with Gasteiger partial charge >= 0.3 is 0 Å². The molecule has 0 heterocycles. The molecule has 0 fully saturated rings. The summed E-state index contributed by atoms with van der Waals surface area (Å²) in [5, 5.41) is 7.10. The van der Waals surface area contributed by atoms with E-state index < -0.39 is 0 Å². The van der Waals surface area contributed by atoms with Crippen molar-refractivity contribution in [1.29, 1.82) is 0 Å². The molecule has 3 aromatic carbocycles. The van der Waals surface area contributed by atoms with Gasteiger partial charge in [0.1, 0.15) is 12.4 Å². The summed E-state index contributed by atoms with van der Waals surface area (Å²) in [6.07, 6.45) is 1.52. The highest BCUT2D eigenvalue weighted by Gasteiger charge is 2.08. The van der Waals surface area contributed by atoms with Crippen LogP contribution in [0.2, 0.25) is 5.02 Å². The highest BCUT2D eigenvalue weighted by Crippen LogP contribution is 2.21. The molecule has 0 radical (unpaired) electrons. The van der Waals surface area contributed by atoms with E-state index in [-0.39, 0.29) is 24.7 Å². The quantitative estimate of drug-likeness (QED) is 0.290. The Morgan fingerprint density at radius 3 is 2.41 bits per heavy atom. The van der Waals surface area contributed by atoms with Gasteiger partial charge in [-0.15, -0.1) is 0 Å². The van der Waals surface area contributed by atoms with Crippen LogP contribution in [-0.4, -0.2) is 18.0 Å². The topological polar surface area (TPSA) is 79.8 Å². The molecule has 0 aliphatic heterocycles. The van der Waals surface area contributed by atoms with E-state index in [1.54, 1.807) is 24.3 Å². The van der Waals surface area contributed by atoms with E-state index in [2.05, 4.69) is 31.8 Å². The number of hydrogen-bond donors (Lipinski definition) is 2. The van der Waals surface area contributed by atoms with Crippen LogP contribution in [0.3, 0.4) is 0 Å². The average Bonchev–Trinajstić information content (AvgIpc) is 2.80. The van der Waals surface area contributed by atoms with Gasteiger partial charge in [-0.2, -0.15) is 5.10 Å². The molecular formula is C24H21BrClN3O3. The molecule has 3 rings (SSSR count). The van der Waals surface area contributed by atoms with Crippen molar-refractivity contribution in [3.05, 3.63) is 93.4 Å². The summed E-state index contributed by atoms with van der Waals surface area (Å²) in [7, 11) is 0. The van der Waals surface area contributed by atoms with Crippen LogP contribution in [-0.2, 0) is 16.2 Å². The number of hydrazone groups is 1. The van der Waals surface area contributed by atoms with Crippen LogP contribution in [0.1, 0.15) is 24.0 Å².